The summed E-state index contributed by atoms with van der Waals surface area (Å²) >= 11 is 7.61. The van der Waals surface area contributed by atoms with Crippen LogP contribution in [-0.2, 0) is 0 Å². The molecule has 0 saturated heterocycles. The van der Waals surface area contributed by atoms with Gasteiger partial charge in [-0.05, 0) is 36.4 Å². The SMILES string of the molecule is COc1ccc2c(Cl)c(C(=O)Nc3cccc(C(N)=O)c3)sc2c1. The van der Waals surface area contributed by atoms with Gasteiger partial charge in [0.15, 0.2) is 0 Å². The number of hydrogen-bond acceptors (Lipinski definition) is 4. The smallest absolute Gasteiger partial charge is 0.267 e. The Hall–Kier alpha value is -2.57. The number of carbonyl (C=O) groups is 2. The summed E-state index contributed by atoms with van der Waals surface area (Å²) in [6.07, 6.45) is 0. The number of fused-ring (bicyclic) bond motifs is 1. The second-order valence-electron chi connectivity index (χ2n) is 5.01. The minimum atomic E-state index is -0.557. The highest BCUT2D eigenvalue weighted by atomic mass is 35.5. The van der Waals surface area contributed by atoms with Crippen molar-refractivity contribution in [3.63, 3.8) is 0 Å². The number of halogens is 1. The van der Waals surface area contributed by atoms with E-state index in [0.29, 0.717) is 26.9 Å². The van der Waals surface area contributed by atoms with Crippen molar-refractivity contribution in [3.8, 4) is 5.75 Å². The Morgan fingerprint density at radius 2 is 2.00 bits per heavy atom. The maximum absolute atomic E-state index is 12.5. The number of benzene rings is 2. The van der Waals surface area contributed by atoms with Crippen molar-refractivity contribution in [2.45, 2.75) is 0 Å². The average Bonchev–Trinajstić information content (AvgIpc) is 2.91. The first-order valence-electron chi connectivity index (χ1n) is 6.97. The molecule has 2 amide bonds. The van der Waals surface area contributed by atoms with Gasteiger partial charge < -0.3 is 15.8 Å². The van der Waals surface area contributed by atoms with Crippen LogP contribution >= 0.6 is 22.9 Å². The van der Waals surface area contributed by atoms with Crippen molar-refractivity contribution in [1.82, 2.24) is 0 Å². The molecule has 0 aliphatic rings. The van der Waals surface area contributed by atoms with E-state index >= 15 is 0 Å². The predicted molar refractivity (Wildman–Crippen MR) is 96.3 cm³/mol. The molecule has 0 radical (unpaired) electrons. The minimum absolute atomic E-state index is 0.319. The third-order valence-corrected chi connectivity index (χ3v) is 5.10. The van der Waals surface area contributed by atoms with Crippen molar-refractivity contribution < 1.29 is 14.3 Å². The molecule has 2 aromatic carbocycles. The fraction of sp³-hybridized carbons (Fsp3) is 0.0588. The van der Waals surface area contributed by atoms with Crippen LogP contribution in [0.1, 0.15) is 20.0 Å². The first-order chi connectivity index (χ1) is 11.5. The van der Waals surface area contributed by atoms with E-state index in [4.69, 9.17) is 22.1 Å². The van der Waals surface area contributed by atoms with Crippen LogP contribution in [0, 0.1) is 0 Å². The van der Waals surface area contributed by atoms with Crippen LogP contribution in [0.5, 0.6) is 5.75 Å². The molecule has 3 aromatic rings. The van der Waals surface area contributed by atoms with E-state index in [9.17, 15) is 9.59 Å². The number of primary amides is 1. The summed E-state index contributed by atoms with van der Waals surface area (Å²) in [7, 11) is 1.58. The summed E-state index contributed by atoms with van der Waals surface area (Å²) in [6, 6.07) is 11.9. The van der Waals surface area contributed by atoms with Crippen molar-refractivity contribution >= 4 is 50.5 Å². The monoisotopic (exact) mass is 360 g/mol. The molecular formula is C17H13ClN2O3S. The van der Waals surface area contributed by atoms with Crippen molar-refractivity contribution in [3.05, 3.63) is 57.9 Å². The van der Waals surface area contributed by atoms with E-state index < -0.39 is 5.91 Å². The lowest BCUT2D eigenvalue weighted by atomic mass is 10.2. The Morgan fingerprint density at radius 1 is 1.21 bits per heavy atom. The average molecular weight is 361 g/mol. The molecule has 0 spiro atoms. The summed E-state index contributed by atoms with van der Waals surface area (Å²) in [5.74, 6) is -0.207. The molecule has 122 valence electrons. The van der Waals surface area contributed by atoms with Crippen LogP contribution < -0.4 is 15.8 Å². The zero-order chi connectivity index (χ0) is 17.3. The Bertz CT molecular complexity index is 952. The Balaban J connectivity index is 1.92. The van der Waals surface area contributed by atoms with E-state index in [1.54, 1.807) is 31.4 Å². The summed E-state index contributed by atoms with van der Waals surface area (Å²) in [4.78, 5) is 24.1. The molecule has 0 bridgehead atoms. The summed E-state index contributed by atoms with van der Waals surface area (Å²) in [6.45, 7) is 0. The maximum Gasteiger partial charge on any atom is 0.267 e. The molecule has 0 saturated carbocycles. The number of nitrogens with one attached hydrogen (secondary N) is 1. The number of carbonyl (C=O) groups excluding carboxylic acids is 2. The van der Waals surface area contributed by atoms with Crippen LogP contribution in [0.15, 0.2) is 42.5 Å². The molecular weight excluding hydrogens is 348 g/mol. The molecule has 0 aliphatic heterocycles. The van der Waals surface area contributed by atoms with Crippen molar-refractivity contribution in [2.75, 3.05) is 12.4 Å². The third-order valence-electron chi connectivity index (χ3n) is 3.45. The lowest BCUT2D eigenvalue weighted by Crippen LogP contribution is -2.13. The number of anilines is 1. The van der Waals surface area contributed by atoms with E-state index in [1.807, 2.05) is 12.1 Å². The van der Waals surface area contributed by atoms with Crippen molar-refractivity contribution in [2.24, 2.45) is 5.73 Å². The Morgan fingerprint density at radius 3 is 2.71 bits per heavy atom. The molecule has 0 fully saturated rings. The molecule has 0 aliphatic carbocycles. The van der Waals surface area contributed by atoms with Crippen LogP contribution in [0.2, 0.25) is 5.02 Å². The zero-order valence-electron chi connectivity index (χ0n) is 12.6. The Kier molecular flexibility index (Phi) is 4.42. The van der Waals surface area contributed by atoms with Crippen LogP contribution in [0.3, 0.4) is 0 Å². The lowest BCUT2D eigenvalue weighted by molar-refractivity contribution is 0.0996. The number of hydrogen-bond donors (Lipinski definition) is 2. The molecule has 0 atom stereocenters. The molecule has 3 N–H and O–H groups in total. The topological polar surface area (TPSA) is 81.4 Å². The number of rotatable bonds is 4. The van der Waals surface area contributed by atoms with E-state index in [0.717, 1.165) is 10.1 Å². The summed E-state index contributed by atoms with van der Waals surface area (Å²) < 4.78 is 6.04. The second kappa shape index (κ2) is 6.51. The fourth-order valence-electron chi connectivity index (χ4n) is 2.26. The summed E-state index contributed by atoms with van der Waals surface area (Å²) in [5.41, 5.74) is 6.04. The van der Waals surface area contributed by atoms with Gasteiger partial charge >= 0.3 is 0 Å². The van der Waals surface area contributed by atoms with Gasteiger partial charge in [-0.2, -0.15) is 0 Å². The van der Waals surface area contributed by atoms with Gasteiger partial charge in [0.05, 0.1) is 12.1 Å². The number of nitrogens with two attached hydrogens (primary N) is 1. The number of amides is 2. The minimum Gasteiger partial charge on any atom is -0.497 e. The first-order valence-corrected chi connectivity index (χ1v) is 8.16. The highest BCUT2D eigenvalue weighted by Gasteiger charge is 2.18. The largest absolute Gasteiger partial charge is 0.497 e. The third kappa shape index (κ3) is 3.06. The van der Waals surface area contributed by atoms with Crippen molar-refractivity contribution in [1.29, 1.82) is 0 Å². The lowest BCUT2D eigenvalue weighted by Gasteiger charge is -2.05. The van der Waals surface area contributed by atoms with E-state index in [1.165, 1.54) is 17.4 Å². The second-order valence-corrected chi connectivity index (χ2v) is 6.44. The first kappa shape index (κ1) is 16.3. The standard InChI is InChI=1S/C17H13ClN2O3S/c1-23-11-5-6-12-13(8-11)24-15(14(12)18)17(22)20-10-4-2-3-9(7-10)16(19)21/h2-8H,1H3,(H2,19,21)(H,20,22). The maximum atomic E-state index is 12.5. The molecule has 1 heterocycles. The molecule has 0 unspecified atom stereocenters. The summed E-state index contributed by atoms with van der Waals surface area (Å²) in [5, 5.41) is 3.91. The van der Waals surface area contributed by atoms with Gasteiger partial charge in [-0.1, -0.05) is 17.7 Å². The molecule has 5 nitrogen and oxygen atoms in total. The van der Waals surface area contributed by atoms with Gasteiger partial charge in [0.25, 0.3) is 5.91 Å². The fourth-order valence-corrected chi connectivity index (χ4v) is 3.70. The van der Waals surface area contributed by atoms with Gasteiger partial charge in [-0.15, -0.1) is 11.3 Å². The predicted octanol–water partition coefficient (Wildman–Crippen LogP) is 3.91. The van der Waals surface area contributed by atoms with E-state index in [-0.39, 0.29) is 5.91 Å². The highest BCUT2D eigenvalue weighted by molar-refractivity contribution is 7.21. The molecule has 1 aromatic heterocycles. The normalized spacial score (nSPS) is 10.6. The van der Waals surface area contributed by atoms with Gasteiger partial charge in [-0.25, -0.2) is 0 Å². The van der Waals surface area contributed by atoms with Gasteiger partial charge in [0.2, 0.25) is 5.91 Å². The van der Waals surface area contributed by atoms with Gasteiger partial charge in [0, 0.05) is 21.3 Å². The van der Waals surface area contributed by atoms with Crippen LogP contribution in [-0.4, -0.2) is 18.9 Å². The Labute approximate surface area is 147 Å². The zero-order valence-corrected chi connectivity index (χ0v) is 14.2. The quantitative estimate of drug-likeness (QED) is 0.740. The van der Waals surface area contributed by atoms with E-state index in [2.05, 4.69) is 5.32 Å². The molecule has 3 rings (SSSR count). The van der Waals surface area contributed by atoms with Crippen LogP contribution in [0.25, 0.3) is 10.1 Å². The van der Waals surface area contributed by atoms with Gasteiger partial charge in [-0.3, -0.25) is 9.59 Å². The number of thiophene rings is 1. The van der Waals surface area contributed by atoms with Crippen LogP contribution in [0.4, 0.5) is 5.69 Å². The number of methoxy groups -OCH3 is 1. The molecule has 7 heteroatoms. The highest BCUT2D eigenvalue weighted by Crippen LogP contribution is 2.37. The number of ether oxygens (including phenoxy) is 1. The molecule has 24 heavy (non-hydrogen) atoms. The van der Waals surface area contributed by atoms with Gasteiger partial charge in [0.1, 0.15) is 10.6 Å².